The van der Waals surface area contributed by atoms with Crippen LogP contribution in [0.3, 0.4) is 0 Å². The Kier molecular flexibility index (Phi) is 3.28. The lowest BCUT2D eigenvalue weighted by atomic mass is 10.1. The molecule has 1 aliphatic heterocycles. The van der Waals surface area contributed by atoms with Crippen molar-refractivity contribution in [2.75, 3.05) is 18.0 Å². The van der Waals surface area contributed by atoms with Crippen LogP contribution in [0, 0.1) is 11.3 Å². The summed E-state index contributed by atoms with van der Waals surface area (Å²) in [6.07, 6.45) is 2.79. The highest BCUT2D eigenvalue weighted by atomic mass is 35.5. The Hall–Kier alpha value is -1.31. The largest absolute Gasteiger partial charge is 0.393 e. The standard InChI is InChI=1S/C11H12ClN3O/c12-10-8(7-13)1-4-14-11(10)15-5-2-9(16)3-6-15/h1,4,9,16H,2-3,5-6H2. The molecule has 1 fully saturated rings. The maximum atomic E-state index is 9.41. The number of aliphatic hydroxyl groups excluding tert-OH is 1. The molecule has 0 atom stereocenters. The van der Waals surface area contributed by atoms with E-state index in [-0.39, 0.29) is 6.10 Å². The first-order chi connectivity index (χ1) is 7.72. The predicted molar refractivity (Wildman–Crippen MR) is 61.4 cm³/mol. The molecule has 0 unspecified atom stereocenters. The van der Waals surface area contributed by atoms with Crippen molar-refractivity contribution in [3.05, 3.63) is 22.8 Å². The van der Waals surface area contributed by atoms with Crippen molar-refractivity contribution in [1.29, 1.82) is 5.26 Å². The molecule has 1 aromatic rings. The van der Waals surface area contributed by atoms with Crippen LogP contribution < -0.4 is 4.90 Å². The van der Waals surface area contributed by atoms with Crippen molar-refractivity contribution >= 4 is 17.4 Å². The predicted octanol–water partition coefficient (Wildman–Crippen LogP) is 1.57. The summed E-state index contributed by atoms with van der Waals surface area (Å²) in [5, 5.41) is 18.7. The number of aliphatic hydroxyl groups is 1. The molecule has 0 saturated carbocycles. The lowest BCUT2D eigenvalue weighted by Crippen LogP contribution is -2.36. The third kappa shape index (κ3) is 2.11. The van der Waals surface area contributed by atoms with Gasteiger partial charge >= 0.3 is 0 Å². The van der Waals surface area contributed by atoms with Gasteiger partial charge in [-0.3, -0.25) is 0 Å². The highest BCUT2D eigenvalue weighted by Crippen LogP contribution is 2.28. The molecule has 2 heterocycles. The number of nitriles is 1. The van der Waals surface area contributed by atoms with Crippen LogP contribution >= 0.6 is 11.6 Å². The maximum absolute atomic E-state index is 9.41. The number of halogens is 1. The zero-order chi connectivity index (χ0) is 11.5. The van der Waals surface area contributed by atoms with Crippen molar-refractivity contribution in [3.63, 3.8) is 0 Å². The van der Waals surface area contributed by atoms with Crippen molar-refractivity contribution < 1.29 is 5.11 Å². The minimum absolute atomic E-state index is 0.228. The second-order valence-electron chi connectivity index (χ2n) is 3.83. The summed E-state index contributed by atoms with van der Waals surface area (Å²) in [4.78, 5) is 6.21. The van der Waals surface area contributed by atoms with Gasteiger partial charge in [-0.2, -0.15) is 5.26 Å². The molecule has 0 spiro atoms. The molecule has 1 aromatic heterocycles. The van der Waals surface area contributed by atoms with Crippen molar-refractivity contribution in [2.24, 2.45) is 0 Å². The number of piperidine rings is 1. The van der Waals surface area contributed by atoms with Crippen molar-refractivity contribution in [3.8, 4) is 6.07 Å². The molecule has 0 aliphatic carbocycles. The monoisotopic (exact) mass is 237 g/mol. The summed E-state index contributed by atoms with van der Waals surface area (Å²) < 4.78 is 0. The molecular formula is C11H12ClN3O. The molecular weight excluding hydrogens is 226 g/mol. The van der Waals surface area contributed by atoms with Crippen LogP contribution in [0.1, 0.15) is 18.4 Å². The third-order valence-corrected chi connectivity index (χ3v) is 3.13. The van der Waals surface area contributed by atoms with E-state index in [1.54, 1.807) is 12.3 Å². The van der Waals surface area contributed by atoms with Gasteiger partial charge in [-0.25, -0.2) is 4.98 Å². The molecule has 0 amide bonds. The fourth-order valence-electron chi connectivity index (χ4n) is 1.82. The first-order valence-corrected chi connectivity index (χ1v) is 5.58. The third-order valence-electron chi connectivity index (χ3n) is 2.76. The molecule has 1 saturated heterocycles. The summed E-state index contributed by atoms with van der Waals surface area (Å²) in [5.41, 5.74) is 0.442. The molecule has 5 heteroatoms. The van der Waals surface area contributed by atoms with Gasteiger partial charge in [0, 0.05) is 19.3 Å². The molecule has 1 N–H and O–H groups in total. The fraction of sp³-hybridized carbons (Fsp3) is 0.455. The molecule has 84 valence electrons. The van der Waals surface area contributed by atoms with Gasteiger partial charge in [-0.1, -0.05) is 11.6 Å². The molecule has 0 aromatic carbocycles. The Morgan fingerprint density at radius 1 is 1.50 bits per heavy atom. The maximum Gasteiger partial charge on any atom is 0.148 e. The average molecular weight is 238 g/mol. The van der Waals surface area contributed by atoms with Crippen LogP contribution in [0.5, 0.6) is 0 Å². The van der Waals surface area contributed by atoms with Gasteiger partial charge in [-0.05, 0) is 18.9 Å². The number of rotatable bonds is 1. The highest BCUT2D eigenvalue weighted by molar-refractivity contribution is 6.34. The highest BCUT2D eigenvalue weighted by Gasteiger charge is 2.20. The van der Waals surface area contributed by atoms with Gasteiger partial charge in [0.25, 0.3) is 0 Å². The molecule has 0 radical (unpaired) electrons. The van der Waals surface area contributed by atoms with E-state index in [2.05, 4.69) is 4.98 Å². The molecule has 4 nitrogen and oxygen atoms in total. The second kappa shape index (κ2) is 4.69. The summed E-state index contributed by atoms with van der Waals surface area (Å²) in [6, 6.07) is 3.64. The van der Waals surface area contributed by atoms with Crippen LogP contribution in [0.4, 0.5) is 5.82 Å². The molecule has 16 heavy (non-hydrogen) atoms. The Bertz CT molecular complexity index is 422. The van der Waals surface area contributed by atoms with Gasteiger partial charge in [0.05, 0.1) is 11.7 Å². The number of nitrogens with zero attached hydrogens (tertiary/aromatic N) is 3. The van der Waals surface area contributed by atoms with Gasteiger partial charge < -0.3 is 10.0 Å². The summed E-state index contributed by atoms with van der Waals surface area (Å²) in [7, 11) is 0. The van der Waals surface area contributed by atoms with Crippen LogP contribution in [0.2, 0.25) is 5.02 Å². The normalized spacial score (nSPS) is 17.2. The average Bonchev–Trinajstić information content (AvgIpc) is 2.31. The topological polar surface area (TPSA) is 60.2 Å². The number of anilines is 1. The SMILES string of the molecule is N#Cc1ccnc(N2CCC(O)CC2)c1Cl. The Labute approximate surface area is 99.1 Å². The Balaban J connectivity index is 2.24. The zero-order valence-electron chi connectivity index (χ0n) is 8.73. The van der Waals surface area contributed by atoms with E-state index in [0.717, 1.165) is 25.9 Å². The van der Waals surface area contributed by atoms with Crippen LogP contribution in [-0.2, 0) is 0 Å². The van der Waals surface area contributed by atoms with E-state index in [1.807, 2.05) is 11.0 Å². The van der Waals surface area contributed by atoms with Gasteiger partial charge in [0.2, 0.25) is 0 Å². The minimum atomic E-state index is -0.228. The first-order valence-electron chi connectivity index (χ1n) is 5.20. The Morgan fingerprint density at radius 3 is 2.81 bits per heavy atom. The van der Waals surface area contributed by atoms with Gasteiger partial charge in [0.15, 0.2) is 0 Å². The van der Waals surface area contributed by atoms with E-state index < -0.39 is 0 Å². The van der Waals surface area contributed by atoms with Gasteiger partial charge in [0.1, 0.15) is 16.9 Å². The molecule has 2 rings (SSSR count). The fourth-order valence-corrected chi connectivity index (χ4v) is 2.09. The number of pyridine rings is 1. The van der Waals surface area contributed by atoms with Crippen molar-refractivity contribution in [2.45, 2.75) is 18.9 Å². The second-order valence-corrected chi connectivity index (χ2v) is 4.20. The summed E-state index contributed by atoms with van der Waals surface area (Å²) in [6.45, 7) is 1.45. The lowest BCUT2D eigenvalue weighted by molar-refractivity contribution is 0.145. The van der Waals surface area contributed by atoms with Crippen molar-refractivity contribution in [1.82, 2.24) is 4.98 Å². The molecule has 1 aliphatic rings. The number of aromatic nitrogens is 1. The van der Waals surface area contributed by atoms with E-state index in [9.17, 15) is 5.11 Å². The van der Waals surface area contributed by atoms with Gasteiger partial charge in [-0.15, -0.1) is 0 Å². The zero-order valence-corrected chi connectivity index (χ0v) is 9.48. The molecule has 0 bridgehead atoms. The van der Waals surface area contributed by atoms with Crippen LogP contribution in [0.15, 0.2) is 12.3 Å². The number of hydrogen-bond acceptors (Lipinski definition) is 4. The van der Waals surface area contributed by atoms with Crippen LogP contribution in [0.25, 0.3) is 0 Å². The summed E-state index contributed by atoms with van der Waals surface area (Å²) in [5.74, 6) is 0.646. The minimum Gasteiger partial charge on any atom is -0.393 e. The Morgan fingerprint density at radius 2 is 2.19 bits per heavy atom. The van der Waals surface area contributed by atoms with E-state index in [0.29, 0.717) is 16.4 Å². The quantitative estimate of drug-likeness (QED) is 0.806. The first kappa shape index (κ1) is 11.2. The summed E-state index contributed by atoms with van der Waals surface area (Å²) >= 11 is 6.09. The van der Waals surface area contributed by atoms with E-state index in [4.69, 9.17) is 16.9 Å². The smallest absolute Gasteiger partial charge is 0.148 e. The lowest BCUT2D eigenvalue weighted by Gasteiger charge is -2.31. The van der Waals surface area contributed by atoms with Crippen LogP contribution in [-0.4, -0.2) is 29.3 Å². The van der Waals surface area contributed by atoms with E-state index in [1.165, 1.54) is 0 Å². The van der Waals surface area contributed by atoms with E-state index >= 15 is 0 Å². The number of hydrogen-bond donors (Lipinski definition) is 1.